The van der Waals surface area contributed by atoms with Gasteiger partial charge in [-0.05, 0) is 54.4 Å². The van der Waals surface area contributed by atoms with Crippen molar-refractivity contribution in [1.82, 2.24) is 0 Å². The molecule has 1 atom stereocenters. The zero-order chi connectivity index (χ0) is 21.3. The highest BCUT2D eigenvalue weighted by atomic mass is 19.1. The van der Waals surface area contributed by atoms with Crippen LogP contribution in [0.15, 0.2) is 91.0 Å². The molecule has 3 aromatic carbocycles. The van der Waals surface area contributed by atoms with E-state index in [2.05, 4.69) is 11.9 Å². The number of hydrogen-bond donors (Lipinski definition) is 1. The molecular formula is C25H24FNO3. The maximum absolute atomic E-state index is 13.2. The highest BCUT2D eigenvalue weighted by Gasteiger charge is 2.22. The summed E-state index contributed by atoms with van der Waals surface area (Å²) < 4.78 is 24.2. The van der Waals surface area contributed by atoms with E-state index >= 15 is 0 Å². The van der Waals surface area contributed by atoms with Crippen LogP contribution in [0, 0.1) is 5.82 Å². The fourth-order valence-corrected chi connectivity index (χ4v) is 2.92. The summed E-state index contributed by atoms with van der Waals surface area (Å²) in [6, 6.07) is 22.7. The lowest BCUT2D eigenvalue weighted by Gasteiger charge is -2.22. The fraction of sp³-hybridized carbons (Fsp3) is 0.160. The average Bonchev–Trinajstić information content (AvgIpc) is 2.78. The normalized spacial score (nSPS) is 11.4. The fourth-order valence-electron chi connectivity index (χ4n) is 2.92. The number of ether oxygens (including phenoxy) is 2. The first-order valence-corrected chi connectivity index (χ1v) is 9.71. The highest BCUT2D eigenvalue weighted by molar-refractivity contribution is 5.90. The molecule has 0 aliphatic heterocycles. The quantitative estimate of drug-likeness (QED) is 0.368. The van der Waals surface area contributed by atoms with Crippen LogP contribution in [-0.2, 0) is 16.1 Å². The SMILES string of the molecule is C=C(C(=O)OCC)[C@H](Nc1ccc(F)cc1)c1ccc(OCc2ccccc2)cc1. The molecule has 0 aromatic heterocycles. The summed E-state index contributed by atoms with van der Waals surface area (Å²) in [6.45, 7) is 6.38. The van der Waals surface area contributed by atoms with Crippen LogP contribution in [0.25, 0.3) is 0 Å². The lowest BCUT2D eigenvalue weighted by atomic mass is 9.99. The van der Waals surface area contributed by atoms with Crippen molar-refractivity contribution >= 4 is 11.7 Å². The first-order chi connectivity index (χ1) is 14.6. The number of esters is 1. The van der Waals surface area contributed by atoms with E-state index in [0.717, 1.165) is 11.1 Å². The number of anilines is 1. The standard InChI is InChI=1S/C25H24FNO3/c1-3-29-25(28)18(2)24(27-22-13-11-21(26)12-14-22)20-9-15-23(16-10-20)30-17-19-7-5-4-6-8-19/h4-16,24,27H,2-3,17H2,1H3/t24-/m0/s1. The average molecular weight is 405 g/mol. The predicted molar refractivity (Wildman–Crippen MR) is 116 cm³/mol. The summed E-state index contributed by atoms with van der Waals surface area (Å²) in [6.07, 6.45) is 0. The Bertz CT molecular complexity index is 970. The smallest absolute Gasteiger partial charge is 0.335 e. The predicted octanol–water partition coefficient (Wildman–Crippen LogP) is 5.68. The molecule has 0 unspecified atom stereocenters. The van der Waals surface area contributed by atoms with Crippen LogP contribution < -0.4 is 10.1 Å². The second kappa shape index (κ2) is 10.3. The van der Waals surface area contributed by atoms with E-state index in [9.17, 15) is 9.18 Å². The van der Waals surface area contributed by atoms with Crippen LogP contribution in [0.3, 0.4) is 0 Å². The van der Waals surface area contributed by atoms with Gasteiger partial charge in [0.05, 0.1) is 18.2 Å². The number of rotatable bonds is 9. The molecule has 0 spiro atoms. The van der Waals surface area contributed by atoms with E-state index < -0.39 is 12.0 Å². The van der Waals surface area contributed by atoms with Gasteiger partial charge in [-0.25, -0.2) is 9.18 Å². The molecule has 5 heteroatoms. The number of carbonyl (C=O) groups is 1. The molecular weight excluding hydrogens is 381 g/mol. The maximum atomic E-state index is 13.2. The minimum absolute atomic E-state index is 0.257. The van der Waals surface area contributed by atoms with Crippen LogP contribution in [-0.4, -0.2) is 12.6 Å². The van der Waals surface area contributed by atoms with E-state index in [1.807, 2.05) is 54.6 Å². The second-order valence-electron chi connectivity index (χ2n) is 6.67. The van der Waals surface area contributed by atoms with Gasteiger partial charge < -0.3 is 14.8 Å². The monoisotopic (exact) mass is 405 g/mol. The van der Waals surface area contributed by atoms with Gasteiger partial charge in [-0.2, -0.15) is 0 Å². The van der Waals surface area contributed by atoms with Crippen molar-refractivity contribution in [3.8, 4) is 5.75 Å². The van der Waals surface area contributed by atoms with Crippen molar-refractivity contribution in [2.75, 3.05) is 11.9 Å². The van der Waals surface area contributed by atoms with Gasteiger partial charge in [-0.1, -0.05) is 49.0 Å². The van der Waals surface area contributed by atoms with E-state index in [1.165, 1.54) is 12.1 Å². The zero-order valence-electron chi connectivity index (χ0n) is 16.8. The summed E-state index contributed by atoms with van der Waals surface area (Å²) in [5.74, 6) is -0.104. The molecule has 30 heavy (non-hydrogen) atoms. The van der Waals surface area contributed by atoms with E-state index in [0.29, 0.717) is 18.0 Å². The van der Waals surface area contributed by atoms with Crippen LogP contribution in [0.2, 0.25) is 0 Å². The minimum atomic E-state index is -0.530. The van der Waals surface area contributed by atoms with Crippen LogP contribution in [0.5, 0.6) is 5.75 Å². The Morgan fingerprint density at radius 2 is 1.67 bits per heavy atom. The van der Waals surface area contributed by atoms with Crippen molar-refractivity contribution in [3.05, 3.63) is 108 Å². The van der Waals surface area contributed by atoms with Gasteiger partial charge in [0.1, 0.15) is 18.2 Å². The molecule has 0 saturated heterocycles. The number of nitrogens with one attached hydrogen (secondary N) is 1. The molecule has 3 aromatic rings. The Morgan fingerprint density at radius 1 is 1.00 bits per heavy atom. The second-order valence-corrected chi connectivity index (χ2v) is 6.67. The first-order valence-electron chi connectivity index (χ1n) is 9.71. The molecule has 0 saturated carbocycles. The molecule has 0 heterocycles. The molecule has 0 radical (unpaired) electrons. The van der Waals surface area contributed by atoms with Crippen molar-refractivity contribution < 1.29 is 18.7 Å². The molecule has 0 amide bonds. The molecule has 0 fully saturated rings. The van der Waals surface area contributed by atoms with E-state index in [-0.39, 0.29) is 18.0 Å². The van der Waals surface area contributed by atoms with Gasteiger partial charge in [0.25, 0.3) is 0 Å². The number of benzene rings is 3. The third-order valence-corrected chi connectivity index (χ3v) is 4.50. The Morgan fingerprint density at radius 3 is 2.30 bits per heavy atom. The summed E-state index contributed by atoms with van der Waals surface area (Å²) >= 11 is 0. The molecule has 3 rings (SSSR count). The zero-order valence-corrected chi connectivity index (χ0v) is 16.8. The number of halogens is 1. The van der Waals surface area contributed by atoms with Gasteiger partial charge in [0, 0.05) is 5.69 Å². The molecule has 4 nitrogen and oxygen atoms in total. The lowest BCUT2D eigenvalue weighted by Crippen LogP contribution is -2.20. The lowest BCUT2D eigenvalue weighted by molar-refractivity contribution is -0.138. The third kappa shape index (κ3) is 5.70. The van der Waals surface area contributed by atoms with Crippen molar-refractivity contribution in [1.29, 1.82) is 0 Å². The summed E-state index contributed by atoms with van der Waals surface area (Å²) in [7, 11) is 0. The topological polar surface area (TPSA) is 47.6 Å². The number of hydrogen-bond acceptors (Lipinski definition) is 4. The van der Waals surface area contributed by atoms with Crippen LogP contribution >= 0.6 is 0 Å². The summed E-state index contributed by atoms with van der Waals surface area (Å²) in [5.41, 5.74) is 2.81. The van der Waals surface area contributed by atoms with Crippen molar-refractivity contribution in [2.45, 2.75) is 19.6 Å². The van der Waals surface area contributed by atoms with E-state index in [4.69, 9.17) is 9.47 Å². The Balaban J connectivity index is 1.76. The largest absolute Gasteiger partial charge is 0.489 e. The summed E-state index contributed by atoms with van der Waals surface area (Å²) in [5, 5.41) is 3.23. The summed E-state index contributed by atoms with van der Waals surface area (Å²) in [4.78, 5) is 12.3. The van der Waals surface area contributed by atoms with Gasteiger partial charge >= 0.3 is 5.97 Å². The van der Waals surface area contributed by atoms with Crippen molar-refractivity contribution in [3.63, 3.8) is 0 Å². The van der Waals surface area contributed by atoms with Crippen LogP contribution in [0.1, 0.15) is 24.1 Å². The minimum Gasteiger partial charge on any atom is -0.489 e. The molecule has 154 valence electrons. The molecule has 0 bridgehead atoms. The van der Waals surface area contributed by atoms with E-state index in [1.54, 1.807) is 19.1 Å². The molecule has 0 aliphatic carbocycles. The van der Waals surface area contributed by atoms with Gasteiger partial charge in [0.15, 0.2) is 0 Å². The molecule has 1 N–H and O–H groups in total. The Hall–Kier alpha value is -3.60. The Kier molecular flexibility index (Phi) is 7.22. The van der Waals surface area contributed by atoms with Gasteiger partial charge in [-0.3, -0.25) is 0 Å². The third-order valence-electron chi connectivity index (χ3n) is 4.50. The number of carbonyl (C=O) groups excluding carboxylic acids is 1. The van der Waals surface area contributed by atoms with Crippen LogP contribution in [0.4, 0.5) is 10.1 Å². The first kappa shape index (κ1) is 21.1. The highest BCUT2D eigenvalue weighted by Crippen LogP contribution is 2.28. The van der Waals surface area contributed by atoms with Gasteiger partial charge in [0.2, 0.25) is 0 Å². The molecule has 0 aliphatic rings. The van der Waals surface area contributed by atoms with Gasteiger partial charge in [-0.15, -0.1) is 0 Å². The Labute approximate surface area is 176 Å². The maximum Gasteiger partial charge on any atom is 0.335 e. The van der Waals surface area contributed by atoms with Crippen molar-refractivity contribution in [2.24, 2.45) is 0 Å².